The number of ether oxygens (including phenoxy) is 1. The highest BCUT2D eigenvalue weighted by Gasteiger charge is 2.33. The second kappa shape index (κ2) is 9.27. The molecule has 2 atom stereocenters. The number of anilines is 1. The van der Waals surface area contributed by atoms with Gasteiger partial charge in [-0.05, 0) is 89.3 Å². The van der Waals surface area contributed by atoms with Crippen LogP contribution in [0.4, 0.5) is 5.69 Å². The van der Waals surface area contributed by atoms with E-state index in [4.69, 9.17) is 4.74 Å². The molecule has 0 N–H and O–H groups in total. The lowest BCUT2D eigenvalue weighted by molar-refractivity contribution is -0.117. The van der Waals surface area contributed by atoms with Crippen LogP contribution < -0.4 is 9.64 Å². The lowest BCUT2D eigenvalue weighted by Gasteiger charge is -2.28. The molecule has 1 aromatic carbocycles. The minimum Gasteiger partial charge on any atom is -0.494 e. The molecule has 3 fully saturated rings. The van der Waals surface area contributed by atoms with Crippen LogP contribution in [0.25, 0.3) is 0 Å². The van der Waals surface area contributed by atoms with Crippen LogP contribution in [-0.4, -0.2) is 67.1 Å². The van der Waals surface area contributed by atoms with Crippen LogP contribution in [0.15, 0.2) is 24.3 Å². The molecule has 28 heavy (non-hydrogen) atoms. The fourth-order valence-corrected chi connectivity index (χ4v) is 5.02. The van der Waals surface area contributed by atoms with E-state index in [2.05, 4.69) is 28.9 Å². The Morgan fingerprint density at radius 2 is 1.82 bits per heavy atom. The normalized spacial score (nSPS) is 26.5. The summed E-state index contributed by atoms with van der Waals surface area (Å²) in [5.74, 6) is 1.17. The van der Waals surface area contributed by atoms with E-state index in [0.29, 0.717) is 12.5 Å². The molecule has 1 unspecified atom stereocenters. The average Bonchev–Trinajstić information content (AvgIpc) is 3.43. The first-order valence-corrected chi connectivity index (χ1v) is 11.2. The van der Waals surface area contributed by atoms with E-state index in [1.165, 1.54) is 45.3 Å². The highest BCUT2D eigenvalue weighted by Crippen LogP contribution is 2.29. The van der Waals surface area contributed by atoms with Crippen molar-refractivity contribution in [1.82, 2.24) is 9.80 Å². The highest BCUT2D eigenvalue weighted by molar-refractivity contribution is 5.96. The summed E-state index contributed by atoms with van der Waals surface area (Å²) in [7, 11) is 0. The first-order chi connectivity index (χ1) is 13.7. The fourth-order valence-electron chi connectivity index (χ4n) is 5.02. The number of nitrogens with zero attached hydrogens (tertiary/aromatic N) is 3. The van der Waals surface area contributed by atoms with Gasteiger partial charge in [-0.2, -0.15) is 0 Å². The van der Waals surface area contributed by atoms with Crippen LogP contribution in [0.1, 0.15) is 51.9 Å². The zero-order chi connectivity index (χ0) is 19.3. The number of carbonyl (C=O) groups is 1. The molecule has 3 saturated heterocycles. The lowest BCUT2D eigenvalue weighted by atomic mass is 10.2. The van der Waals surface area contributed by atoms with Crippen LogP contribution in [0, 0.1) is 0 Å². The summed E-state index contributed by atoms with van der Waals surface area (Å²) in [6.45, 7) is 8.81. The monoisotopic (exact) mass is 385 g/mol. The molecule has 5 nitrogen and oxygen atoms in total. The van der Waals surface area contributed by atoms with Crippen molar-refractivity contribution in [2.45, 2.75) is 64.0 Å². The number of rotatable bonds is 8. The smallest absolute Gasteiger partial charge is 0.227 e. The van der Waals surface area contributed by atoms with E-state index in [9.17, 15) is 4.79 Å². The van der Waals surface area contributed by atoms with E-state index in [1.807, 2.05) is 17.0 Å². The van der Waals surface area contributed by atoms with Crippen molar-refractivity contribution in [1.29, 1.82) is 0 Å². The van der Waals surface area contributed by atoms with Gasteiger partial charge in [0.05, 0.1) is 12.6 Å². The number of amides is 1. The largest absolute Gasteiger partial charge is 0.494 e. The van der Waals surface area contributed by atoms with Gasteiger partial charge < -0.3 is 19.4 Å². The van der Waals surface area contributed by atoms with Gasteiger partial charge in [0.2, 0.25) is 5.91 Å². The third-order valence-corrected chi connectivity index (χ3v) is 6.66. The summed E-state index contributed by atoms with van der Waals surface area (Å²) in [5, 5.41) is 0. The van der Waals surface area contributed by atoms with Gasteiger partial charge in [-0.25, -0.2) is 0 Å². The molecule has 0 aliphatic carbocycles. The van der Waals surface area contributed by atoms with Gasteiger partial charge in [0.15, 0.2) is 0 Å². The van der Waals surface area contributed by atoms with E-state index in [0.717, 1.165) is 50.0 Å². The van der Waals surface area contributed by atoms with Crippen molar-refractivity contribution >= 4 is 11.6 Å². The Balaban J connectivity index is 1.27. The Kier molecular flexibility index (Phi) is 6.53. The Hall–Kier alpha value is -1.59. The van der Waals surface area contributed by atoms with Gasteiger partial charge in [-0.1, -0.05) is 0 Å². The van der Waals surface area contributed by atoms with E-state index < -0.39 is 0 Å². The van der Waals surface area contributed by atoms with Crippen molar-refractivity contribution in [3.8, 4) is 5.75 Å². The highest BCUT2D eigenvalue weighted by atomic mass is 16.5. The Morgan fingerprint density at radius 3 is 2.54 bits per heavy atom. The quantitative estimate of drug-likeness (QED) is 0.642. The van der Waals surface area contributed by atoms with Gasteiger partial charge in [-0.3, -0.25) is 4.79 Å². The molecule has 1 aromatic rings. The molecular weight excluding hydrogens is 350 g/mol. The molecule has 3 heterocycles. The minimum atomic E-state index is 0.262. The third kappa shape index (κ3) is 4.69. The first-order valence-electron chi connectivity index (χ1n) is 11.2. The molecule has 3 aliphatic rings. The molecule has 1 amide bonds. The standard InChI is InChI=1S/C23H35N3O2/c1-19-6-4-15-25(19)16-5-17-28-22-10-7-20(8-11-22)26-21(9-12-23(26)27)18-24-13-2-3-14-24/h7-8,10-11,19,21H,2-6,9,12-18H2,1H3/t19-,21?/m1/s1. The van der Waals surface area contributed by atoms with Gasteiger partial charge in [0.25, 0.3) is 0 Å². The van der Waals surface area contributed by atoms with Crippen molar-refractivity contribution < 1.29 is 9.53 Å². The molecule has 0 aromatic heterocycles. The summed E-state index contributed by atoms with van der Waals surface area (Å²) < 4.78 is 5.94. The van der Waals surface area contributed by atoms with Crippen molar-refractivity contribution in [2.24, 2.45) is 0 Å². The van der Waals surface area contributed by atoms with Gasteiger partial charge >= 0.3 is 0 Å². The summed E-state index contributed by atoms with van der Waals surface area (Å²) in [6.07, 6.45) is 7.96. The summed E-state index contributed by atoms with van der Waals surface area (Å²) in [5.41, 5.74) is 1.02. The summed E-state index contributed by atoms with van der Waals surface area (Å²) in [6, 6.07) is 9.19. The molecule has 3 aliphatic heterocycles. The van der Waals surface area contributed by atoms with Crippen molar-refractivity contribution in [3.05, 3.63) is 24.3 Å². The fraction of sp³-hybridized carbons (Fsp3) is 0.696. The van der Waals surface area contributed by atoms with Crippen LogP contribution in [0.3, 0.4) is 0 Å². The molecular formula is C23H35N3O2. The zero-order valence-corrected chi connectivity index (χ0v) is 17.3. The average molecular weight is 386 g/mol. The van der Waals surface area contributed by atoms with Crippen LogP contribution in [0.2, 0.25) is 0 Å². The first kappa shape index (κ1) is 19.7. The Bertz CT molecular complexity index is 642. The SMILES string of the molecule is C[C@@H]1CCCN1CCCOc1ccc(N2C(=O)CCC2CN2CCCC2)cc1. The number of benzene rings is 1. The molecule has 5 heteroatoms. The predicted molar refractivity (Wildman–Crippen MR) is 113 cm³/mol. The number of carbonyl (C=O) groups excluding carboxylic acids is 1. The van der Waals surface area contributed by atoms with Crippen LogP contribution >= 0.6 is 0 Å². The van der Waals surface area contributed by atoms with Crippen LogP contribution in [-0.2, 0) is 4.79 Å². The molecule has 4 rings (SSSR count). The number of hydrogen-bond donors (Lipinski definition) is 0. The molecule has 0 spiro atoms. The lowest BCUT2D eigenvalue weighted by Crippen LogP contribution is -2.41. The van der Waals surface area contributed by atoms with E-state index >= 15 is 0 Å². The molecule has 154 valence electrons. The van der Waals surface area contributed by atoms with E-state index in [1.54, 1.807) is 0 Å². The number of hydrogen-bond acceptors (Lipinski definition) is 4. The third-order valence-electron chi connectivity index (χ3n) is 6.66. The Morgan fingerprint density at radius 1 is 1.04 bits per heavy atom. The molecule has 0 saturated carbocycles. The minimum absolute atomic E-state index is 0.262. The van der Waals surface area contributed by atoms with Gasteiger partial charge in [0, 0.05) is 31.2 Å². The molecule has 0 bridgehead atoms. The van der Waals surface area contributed by atoms with Crippen molar-refractivity contribution in [2.75, 3.05) is 44.2 Å². The van der Waals surface area contributed by atoms with Gasteiger partial charge in [0.1, 0.15) is 5.75 Å². The molecule has 0 radical (unpaired) electrons. The second-order valence-corrected chi connectivity index (χ2v) is 8.69. The number of likely N-dealkylation sites (tertiary alicyclic amines) is 2. The summed E-state index contributed by atoms with van der Waals surface area (Å²) in [4.78, 5) is 19.6. The Labute approximate surface area is 169 Å². The summed E-state index contributed by atoms with van der Waals surface area (Å²) >= 11 is 0. The van der Waals surface area contributed by atoms with Gasteiger partial charge in [-0.15, -0.1) is 0 Å². The maximum atomic E-state index is 12.5. The maximum absolute atomic E-state index is 12.5. The second-order valence-electron chi connectivity index (χ2n) is 8.69. The van der Waals surface area contributed by atoms with Crippen LogP contribution in [0.5, 0.6) is 5.75 Å². The maximum Gasteiger partial charge on any atom is 0.227 e. The predicted octanol–water partition coefficient (Wildman–Crippen LogP) is 3.53. The zero-order valence-electron chi connectivity index (χ0n) is 17.3. The van der Waals surface area contributed by atoms with E-state index in [-0.39, 0.29) is 5.91 Å². The van der Waals surface area contributed by atoms with Crippen molar-refractivity contribution in [3.63, 3.8) is 0 Å². The topological polar surface area (TPSA) is 36.0 Å².